The van der Waals surface area contributed by atoms with E-state index < -0.39 is 17.9 Å². The molecule has 2 amide bonds. The molecule has 0 spiro atoms. The predicted molar refractivity (Wildman–Crippen MR) is 55.2 cm³/mol. The fourth-order valence-corrected chi connectivity index (χ4v) is 1.52. The van der Waals surface area contributed by atoms with Gasteiger partial charge < -0.3 is 16.2 Å². The van der Waals surface area contributed by atoms with Crippen LogP contribution in [0.15, 0.2) is 12.2 Å². The first-order chi connectivity index (χ1) is 7.50. The first-order valence-electron chi connectivity index (χ1n) is 4.97. The Hall–Kier alpha value is -1.85. The number of amides is 2. The number of carbonyl (C=O) groups excluding carboxylic acids is 2. The molecule has 0 aromatic heterocycles. The van der Waals surface area contributed by atoms with Crippen LogP contribution >= 0.6 is 0 Å². The number of carbonyl (C=O) groups is 3. The molecule has 16 heavy (non-hydrogen) atoms. The summed E-state index contributed by atoms with van der Waals surface area (Å²) in [7, 11) is 0. The molecule has 1 rings (SSSR count). The first kappa shape index (κ1) is 12.2. The van der Waals surface area contributed by atoms with Crippen molar-refractivity contribution in [2.24, 2.45) is 11.7 Å². The highest BCUT2D eigenvalue weighted by atomic mass is 16.4. The van der Waals surface area contributed by atoms with Gasteiger partial charge in [0, 0.05) is 5.92 Å². The molecule has 6 heteroatoms. The van der Waals surface area contributed by atoms with Crippen molar-refractivity contribution in [3.05, 3.63) is 12.2 Å². The summed E-state index contributed by atoms with van der Waals surface area (Å²) in [6.07, 6.45) is 4.56. The van der Waals surface area contributed by atoms with Gasteiger partial charge in [0.15, 0.2) is 0 Å². The number of allylic oxidation sites excluding steroid dienone is 2. The van der Waals surface area contributed by atoms with Gasteiger partial charge in [-0.3, -0.25) is 9.59 Å². The summed E-state index contributed by atoms with van der Waals surface area (Å²) < 4.78 is 0. The summed E-state index contributed by atoms with van der Waals surface area (Å²) in [4.78, 5) is 32.9. The highest BCUT2D eigenvalue weighted by molar-refractivity contribution is 5.89. The van der Waals surface area contributed by atoms with E-state index in [9.17, 15) is 14.4 Å². The van der Waals surface area contributed by atoms with Gasteiger partial charge in [0.2, 0.25) is 11.8 Å². The number of nitrogens with one attached hydrogen (secondary N) is 1. The average Bonchev–Trinajstić information content (AvgIpc) is 2.68. The Morgan fingerprint density at radius 2 is 1.94 bits per heavy atom. The van der Waals surface area contributed by atoms with Crippen molar-refractivity contribution in [2.45, 2.75) is 25.3 Å². The molecule has 6 nitrogen and oxygen atoms in total. The van der Waals surface area contributed by atoms with E-state index in [2.05, 4.69) is 5.32 Å². The number of rotatable bonds is 5. The molecule has 1 unspecified atom stereocenters. The van der Waals surface area contributed by atoms with Gasteiger partial charge in [-0.2, -0.15) is 0 Å². The molecular formula is C10H14N2O4. The number of nitrogens with two attached hydrogens (primary N) is 1. The van der Waals surface area contributed by atoms with Gasteiger partial charge >= 0.3 is 5.97 Å². The summed E-state index contributed by atoms with van der Waals surface area (Å²) in [6.45, 7) is 0. The predicted octanol–water partition coefficient (Wildman–Crippen LogP) is -0.603. The number of hydrogen-bond donors (Lipinski definition) is 3. The Kier molecular flexibility index (Phi) is 4.04. The van der Waals surface area contributed by atoms with Crippen molar-refractivity contribution >= 4 is 17.8 Å². The molecule has 4 N–H and O–H groups in total. The second-order valence-corrected chi connectivity index (χ2v) is 3.71. The molecule has 0 aromatic rings. The second kappa shape index (κ2) is 5.29. The lowest BCUT2D eigenvalue weighted by atomic mass is 10.1. The molecule has 88 valence electrons. The van der Waals surface area contributed by atoms with Crippen LogP contribution in [0.1, 0.15) is 19.3 Å². The van der Waals surface area contributed by atoms with Crippen molar-refractivity contribution in [2.75, 3.05) is 0 Å². The van der Waals surface area contributed by atoms with E-state index in [1.165, 1.54) is 0 Å². The van der Waals surface area contributed by atoms with Gasteiger partial charge in [-0.05, 0) is 12.8 Å². The van der Waals surface area contributed by atoms with Gasteiger partial charge in [0.05, 0.1) is 6.42 Å². The molecule has 0 radical (unpaired) electrons. The Morgan fingerprint density at radius 1 is 1.38 bits per heavy atom. The minimum Gasteiger partial charge on any atom is -0.480 e. The molecule has 0 fully saturated rings. The van der Waals surface area contributed by atoms with Crippen LogP contribution in [0.5, 0.6) is 0 Å². The van der Waals surface area contributed by atoms with E-state index in [1.54, 1.807) is 0 Å². The summed E-state index contributed by atoms with van der Waals surface area (Å²) in [6, 6.07) is -1.23. The van der Waals surface area contributed by atoms with Crippen molar-refractivity contribution < 1.29 is 19.5 Å². The van der Waals surface area contributed by atoms with Crippen LogP contribution in [-0.2, 0) is 14.4 Å². The highest BCUT2D eigenvalue weighted by Crippen LogP contribution is 2.17. The highest BCUT2D eigenvalue weighted by Gasteiger charge is 2.26. The van der Waals surface area contributed by atoms with Crippen LogP contribution < -0.4 is 11.1 Å². The van der Waals surface area contributed by atoms with Gasteiger partial charge in [0.25, 0.3) is 0 Å². The van der Waals surface area contributed by atoms with Crippen LogP contribution in [0, 0.1) is 5.92 Å². The van der Waals surface area contributed by atoms with E-state index in [1.807, 2.05) is 12.2 Å². The fraction of sp³-hybridized carbons (Fsp3) is 0.500. The van der Waals surface area contributed by atoms with Gasteiger partial charge in [-0.25, -0.2) is 4.79 Å². The molecule has 1 aliphatic rings. The van der Waals surface area contributed by atoms with Gasteiger partial charge in [-0.15, -0.1) is 0 Å². The monoisotopic (exact) mass is 226 g/mol. The lowest BCUT2D eigenvalue weighted by Gasteiger charge is -2.15. The molecule has 0 aliphatic heterocycles. The second-order valence-electron chi connectivity index (χ2n) is 3.71. The molecule has 0 bridgehead atoms. The topological polar surface area (TPSA) is 109 Å². The maximum atomic E-state index is 11.6. The third-order valence-electron chi connectivity index (χ3n) is 2.40. The zero-order chi connectivity index (χ0) is 12.1. The Morgan fingerprint density at radius 3 is 2.38 bits per heavy atom. The quantitative estimate of drug-likeness (QED) is 0.543. The van der Waals surface area contributed by atoms with Crippen LogP contribution in [0.2, 0.25) is 0 Å². The third kappa shape index (κ3) is 3.38. The minimum absolute atomic E-state index is 0.227. The average molecular weight is 226 g/mol. The largest absolute Gasteiger partial charge is 0.480 e. The van der Waals surface area contributed by atoms with E-state index in [0.29, 0.717) is 12.8 Å². The number of carboxylic acids is 1. The number of carboxylic acid groups (broad SMARTS) is 1. The maximum Gasteiger partial charge on any atom is 0.326 e. The molecule has 0 heterocycles. The SMILES string of the molecule is NC(=O)CC(NC(=O)C1CC=CC1)C(=O)O. The zero-order valence-corrected chi connectivity index (χ0v) is 8.68. The van der Waals surface area contributed by atoms with Crippen molar-refractivity contribution in [1.82, 2.24) is 5.32 Å². The Labute approximate surface area is 92.5 Å². The summed E-state index contributed by atoms with van der Waals surface area (Å²) >= 11 is 0. The lowest BCUT2D eigenvalue weighted by molar-refractivity contribution is -0.143. The Bertz CT molecular complexity index is 330. The third-order valence-corrected chi connectivity index (χ3v) is 2.40. The van der Waals surface area contributed by atoms with Crippen molar-refractivity contribution in [3.63, 3.8) is 0 Å². The van der Waals surface area contributed by atoms with Gasteiger partial charge in [0.1, 0.15) is 6.04 Å². The molecule has 1 aliphatic carbocycles. The van der Waals surface area contributed by atoms with Crippen LogP contribution in [0.3, 0.4) is 0 Å². The maximum absolute atomic E-state index is 11.6. The summed E-state index contributed by atoms with van der Waals surface area (Å²) in [5.41, 5.74) is 4.89. The molecule has 1 atom stereocenters. The lowest BCUT2D eigenvalue weighted by Crippen LogP contribution is -2.45. The zero-order valence-electron chi connectivity index (χ0n) is 8.68. The van der Waals surface area contributed by atoms with E-state index in [0.717, 1.165) is 0 Å². The van der Waals surface area contributed by atoms with Crippen molar-refractivity contribution in [3.8, 4) is 0 Å². The normalized spacial score (nSPS) is 17.0. The van der Waals surface area contributed by atoms with Crippen molar-refractivity contribution in [1.29, 1.82) is 0 Å². The number of aliphatic carboxylic acids is 1. The van der Waals surface area contributed by atoms with Crippen LogP contribution in [-0.4, -0.2) is 28.9 Å². The smallest absolute Gasteiger partial charge is 0.326 e. The van der Waals surface area contributed by atoms with Gasteiger partial charge in [-0.1, -0.05) is 12.2 Å². The molecule has 0 aromatic carbocycles. The number of primary amides is 1. The summed E-state index contributed by atoms with van der Waals surface area (Å²) in [5, 5.41) is 11.1. The molecular weight excluding hydrogens is 212 g/mol. The Balaban J connectivity index is 2.50. The molecule has 0 saturated heterocycles. The number of hydrogen-bond acceptors (Lipinski definition) is 3. The van der Waals surface area contributed by atoms with Crippen LogP contribution in [0.4, 0.5) is 0 Å². The standard InChI is InChI=1S/C10H14N2O4/c11-8(13)5-7(10(15)16)12-9(14)6-3-1-2-4-6/h1-2,6-7H,3-5H2,(H2,11,13)(H,12,14)(H,15,16). The van der Waals surface area contributed by atoms with E-state index >= 15 is 0 Å². The minimum atomic E-state index is -1.25. The fourth-order valence-electron chi connectivity index (χ4n) is 1.52. The first-order valence-corrected chi connectivity index (χ1v) is 4.97. The molecule has 0 saturated carbocycles. The van der Waals surface area contributed by atoms with E-state index in [-0.39, 0.29) is 18.2 Å². The van der Waals surface area contributed by atoms with E-state index in [4.69, 9.17) is 10.8 Å². The van der Waals surface area contributed by atoms with Crippen LogP contribution in [0.25, 0.3) is 0 Å². The summed E-state index contributed by atoms with van der Waals surface area (Å²) in [5.74, 6) is -2.58.